The van der Waals surface area contributed by atoms with Crippen LogP contribution >= 0.6 is 0 Å². The van der Waals surface area contributed by atoms with Gasteiger partial charge in [0.1, 0.15) is 24.2 Å². The molecule has 7 rings (SSSR count). The summed E-state index contributed by atoms with van der Waals surface area (Å²) in [5.74, 6) is -2.32. The fraction of sp³-hybridized carbons (Fsp3) is 0.536. The van der Waals surface area contributed by atoms with Gasteiger partial charge in [0.05, 0.1) is 30.2 Å². The first kappa shape index (κ1) is 56.6. The largest absolute Gasteiger partial charge is 0.366 e. The Bertz CT molecular complexity index is 2560. The van der Waals surface area contributed by atoms with Gasteiger partial charge in [-0.3, -0.25) is 38.4 Å². The van der Waals surface area contributed by atoms with Crippen LogP contribution in [0.2, 0.25) is 0 Å². The molecule has 6 unspecified atom stereocenters. The lowest BCUT2D eigenvalue weighted by atomic mass is 9.85. The second-order valence-corrected chi connectivity index (χ2v) is 22.2. The first-order valence-corrected chi connectivity index (χ1v) is 26.0. The van der Waals surface area contributed by atoms with Gasteiger partial charge in [-0.05, 0) is 130 Å². The van der Waals surface area contributed by atoms with Crippen molar-refractivity contribution in [2.24, 2.45) is 16.6 Å². The van der Waals surface area contributed by atoms with Gasteiger partial charge in [0, 0.05) is 24.2 Å². The fourth-order valence-electron chi connectivity index (χ4n) is 10.2. The summed E-state index contributed by atoms with van der Waals surface area (Å²) in [4.78, 5) is 107. The maximum absolute atomic E-state index is 13.8. The number of rotatable bonds is 15. The minimum Gasteiger partial charge on any atom is -0.366 e. The summed E-state index contributed by atoms with van der Waals surface area (Å²) >= 11 is 0. The van der Waals surface area contributed by atoms with Gasteiger partial charge in [-0.25, -0.2) is 0 Å². The number of hydrogen-bond donors (Lipinski definition) is 8. The topological polar surface area (TPSA) is 253 Å². The molecule has 2 aliphatic carbocycles. The molecule has 2 fully saturated rings. The summed E-state index contributed by atoms with van der Waals surface area (Å²) in [6.07, 6.45) is 4.93. The van der Waals surface area contributed by atoms with Crippen LogP contribution < -0.4 is 43.0 Å². The van der Waals surface area contributed by atoms with Crippen LogP contribution in [0.1, 0.15) is 143 Å². The van der Waals surface area contributed by atoms with E-state index in [9.17, 15) is 38.4 Å². The molecule has 9 N–H and O–H groups in total. The quantitative estimate of drug-likeness (QED) is 0.110. The Balaban J connectivity index is 0.000000254. The third kappa shape index (κ3) is 13.4. The zero-order valence-electron chi connectivity index (χ0n) is 44.7. The smallest absolute Gasteiger partial charge is 0.251 e. The van der Waals surface area contributed by atoms with E-state index in [-0.39, 0.29) is 47.4 Å². The molecule has 0 radical (unpaired) electrons. The number of benzene rings is 3. The molecule has 3 aromatic carbocycles. The highest BCUT2D eigenvalue weighted by molar-refractivity contribution is 5.98. The first-order chi connectivity index (χ1) is 34.9. The van der Waals surface area contributed by atoms with Crippen molar-refractivity contribution in [3.63, 3.8) is 0 Å². The average Bonchev–Trinajstić information content (AvgIpc) is 4.20. The van der Waals surface area contributed by atoms with Crippen molar-refractivity contribution in [3.8, 4) is 0 Å². The molecule has 0 aromatic heterocycles. The van der Waals surface area contributed by atoms with Crippen molar-refractivity contribution in [3.05, 3.63) is 106 Å². The van der Waals surface area contributed by atoms with E-state index in [2.05, 4.69) is 49.4 Å². The van der Waals surface area contributed by atoms with Crippen molar-refractivity contribution in [1.82, 2.24) is 47.0 Å². The predicted molar refractivity (Wildman–Crippen MR) is 282 cm³/mol. The van der Waals surface area contributed by atoms with Gasteiger partial charge in [0.2, 0.25) is 41.4 Å². The van der Waals surface area contributed by atoms with Crippen molar-refractivity contribution in [2.45, 2.75) is 155 Å². The van der Waals surface area contributed by atoms with Crippen molar-refractivity contribution in [2.75, 3.05) is 27.2 Å². The minimum absolute atomic E-state index is 0.00385. The lowest BCUT2D eigenvalue weighted by molar-refractivity contribution is -0.144. The van der Waals surface area contributed by atoms with Crippen molar-refractivity contribution >= 4 is 47.3 Å². The maximum Gasteiger partial charge on any atom is 0.251 e. The van der Waals surface area contributed by atoms with Gasteiger partial charge < -0.3 is 52.8 Å². The van der Waals surface area contributed by atoms with Gasteiger partial charge in [0.25, 0.3) is 5.91 Å². The number of nitrogens with two attached hydrogens (primary N) is 1. The van der Waals surface area contributed by atoms with E-state index in [1.165, 1.54) is 35.4 Å². The Labute approximate surface area is 435 Å². The number of hydrogen-bond acceptors (Lipinski definition) is 10. The monoisotopic (exact) mass is 1020 g/mol. The second kappa shape index (κ2) is 24.1. The third-order valence-electron chi connectivity index (χ3n) is 14.9. The highest BCUT2D eigenvalue weighted by atomic mass is 16.2. The number of nitrogens with one attached hydrogen (secondary N) is 7. The molecular formula is C56H78N10O8. The molecule has 2 aliphatic heterocycles. The molecule has 4 aliphatic rings. The number of carbonyl (C=O) groups excluding carboxylic acids is 8. The SMILES string of the molecule is CN[C@@H](C)C(=O)NC(C(=O)N1CCCC1C(=O)NC1CCc2ccccc21)C(C)(C)C.CN[C@@H](C)C(=O)NC(C(=O)N1CCCC1C(=O)NC1c2ccccc2C[C@@H]1NC(=O)c1ccc(C(N)=O)cc1)C(C)(C)C. The number of likely N-dealkylation sites (tertiary alicyclic amines) is 2. The van der Waals surface area contributed by atoms with Crippen LogP contribution in [0.15, 0.2) is 72.8 Å². The number of fused-ring (bicyclic) bond motifs is 2. The van der Waals surface area contributed by atoms with E-state index in [1.54, 1.807) is 37.7 Å². The van der Waals surface area contributed by atoms with Crippen LogP contribution in [0.5, 0.6) is 0 Å². The lowest BCUT2D eigenvalue weighted by Crippen LogP contribution is -2.59. The van der Waals surface area contributed by atoms with Crippen molar-refractivity contribution in [1.29, 1.82) is 0 Å². The van der Waals surface area contributed by atoms with E-state index in [0.29, 0.717) is 49.9 Å². The highest BCUT2D eigenvalue weighted by Gasteiger charge is 2.45. The van der Waals surface area contributed by atoms with E-state index in [4.69, 9.17) is 5.73 Å². The molecule has 0 saturated carbocycles. The van der Waals surface area contributed by atoms with E-state index >= 15 is 0 Å². The molecule has 8 amide bonds. The Morgan fingerprint density at radius 2 is 1.04 bits per heavy atom. The molecule has 9 atom stereocenters. The van der Waals surface area contributed by atoms with Gasteiger partial charge in [0.15, 0.2) is 0 Å². The molecular weight excluding hydrogens is 941 g/mol. The molecule has 3 aromatic rings. The van der Waals surface area contributed by atoms with Crippen molar-refractivity contribution < 1.29 is 38.4 Å². The fourth-order valence-corrected chi connectivity index (χ4v) is 10.2. The van der Waals surface area contributed by atoms with Gasteiger partial charge in [-0.1, -0.05) is 90.1 Å². The Kier molecular flexibility index (Phi) is 18.5. The summed E-state index contributed by atoms with van der Waals surface area (Å²) in [7, 11) is 3.38. The van der Waals surface area contributed by atoms with Crippen LogP contribution in [-0.2, 0) is 41.6 Å². The number of aryl methyl sites for hydroxylation is 1. The molecule has 74 heavy (non-hydrogen) atoms. The summed E-state index contributed by atoms with van der Waals surface area (Å²) in [6.45, 7) is 15.9. The summed E-state index contributed by atoms with van der Waals surface area (Å²) in [5.41, 5.74) is 9.29. The predicted octanol–water partition coefficient (Wildman–Crippen LogP) is 3.35. The van der Waals surface area contributed by atoms with Gasteiger partial charge >= 0.3 is 0 Å². The minimum atomic E-state index is -0.815. The maximum atomic E-state index is 13.8. The molecule has 2 saturated heterocycles. The molecule has 400 valence electrons. The summed E-state index contributed by atoms with van der Waals surface area (Å²) in [5, 5.41) is 20.9. The van der Waals surface area contributed by atoms with Crippen LogP contribution in [0, 0.1) is 10.8 Å². The number of primary amides is 1. The number of amides is 8. The van der Waals surface area contributed by atoms with E-state index in [1.807, 2.05) is 77.9 Å². The standard InChI is InChI=1S/C32H42N6O5.C24H36N4O3/c1-18(34-5)28(40)37-26(32(2,3)4)31(43)38-16-8-11-24(38)30(42)36-25-22-10-7-6-9-21(22)17-23(25)35-29(41)20-14-12-19(13-15-20)27(33)39;1-15(25-5)21(29)27-20(24(2,3)4)23(31)28-14-8-11-19(28)22(30)26-18-13-12-16-9-6-7-10-17(16)18/h6-7,9-10,12-15,18,23-26,34H,8,11,16-17H2,1-5H3,(H2,33,39)(H,35,41)(H,36,42)(H,37,40);6-7,9-10,15,18-20,25H,8,11-14H2,1-5H3,(H,26,30)(H,27,29)/t18-,23-,24?,25?,26?;15-,18?,19?,20?/m00/s1. The van der Waals surface area contributed by atoms with E-state index in [0.717, 1.165) is 30.4 Å². The Hall–Kier alpha value is -6.66. The Morgan fingerprint density at radius 3 is 1.53 bits per heavy atom. The number of nitrogens with zero attached hydrogens (tertiary/aromatic N) is 2. The molecule has 18 heteroatoms. The van der Waals surface area contributed by atoms with Gasteiger partial charge in [-0.15, -0.1) is 0 Å². The molecule has 2 heterocycles. The lowest BCUT2D eigenvalue weighted by Gasteiger charge is -2.36. The average molecular weight is 1020 g/mol. The third-order valence-corrected chi connectivity index (χ3v) is 14.9. The number of likely N-dealkylation sites (N-methyl/N-ethyl adjacent to an activating group) is 2. The van der Waals surface area contributed by atoms with Crippen LogP contribution in [0.3, 0.4) is 0 Å². The molecule has 18 nitrogen and oxygen atoms in total. The highest BCUT2D eigenvalue weighted by Crippen LogP contribution is 2.35. The van der Waals surface area contributed by atoms with Gasteiger partial charge in [-0.2, -0.15) is 0 Å². The molecule has 0 spiro atoms. The zero-order chi connectivity index (χ0) is 54.2. The normalized spacial score (nSPS) is 21.6. The van der Waals surface area contributed by atoms with E-state index < -0.39 is 65.1 Å². The van der Waals surface area contributed by atoms with Crippen LogP contribution in [0.25, 0.3) is 0 Å². The first-order valence-electron chi connectivity index (χ1n) is 26.0. The van der Waals surface area contributed by atoms with Crippen LogP contribution in [0.4, 0.5) is 0 Å². The number of carbonyl (C=O) groups is 8. The summed E-state index contributed by atoms with van der Waals surface area (Å²) < 4.78 is 0. The summed E-state index contributed by atoms with van der Waals surface area (Å²) in [6, 6.07) is 17.4. The molecule has 0 bridgehead atoms. The van der Waals surface area contributed by atoms with Crippen LogP contribution in [-0.4, -0.2) is 127 Å². The second-order valence-electron chi connectivity index (χ2n) is 22.2. The zero-order valence-corrected chi connectivity index (χ0v) is 44.7. The Morgan fingerprint density at radius 1 is 0.581 bits per heavy atom.